The first-order valence-corrected chi connectivity index (χ1v) is 11.4. The first-order chi connectivity index (χ1) is 17.2. The summed E-state index contributed by atoms with van der Waals surface area (Å²) in [5.41, 5.74) is 1.36. The van der Waals surface area contributed by atoms with Crippen molar-refractivity contribution in [3.05, 3.63) is 67.1 Å². The van der Waals surface area contributed by atoms with Crippen molar-refractivity contribution >= 4 is 28.5 Å². The molecule has 1 aliphatic rings. The van der Waals surface area contributed by atoms with Crippen LogP contribution in [0.3, 0.4) is 0 Å². The standard InChI is InChI=1S/C26H25N5O4/c1-33-22-15-21-20(14-23(22)35-26(32)31-12-6-3-7-13-31)25(29-17-28-21)30-18-10-11-24(27-16-18)34-19-8-4-2-5-9-19/h2,4-5,8-11,14-17H,3,6-7,12-13H2,1H3,(H,28,29,30). The molecule has 0 atom stereocenters. The smallest absolute Gasteiger partial charge is 0.415 e. The molecule has 2 aromatic carbocycles. The molecule has 9 nitrogen and oxygen atoms in total. The zero-order valence-corrected chi connectivity index (χ0v) is 19.3. The molecule has 0 bridgehead atoms. The van der Waals surface area contributed by atoms with Crippen molar-refractivity contribution in [2.75, 3.05) is 25.5 Å². The number of carbonyl (C=O) groups excluding carboxylic acids is 1. The third kappa shape index (κ3) is 5.24. The van der Waals surface area contributed by atoms with Gasteiger partial charge >= 0.3 is 6.09 Å². The monoisotopic (exact) mass is 471 g/mol. The number of benzene rings is 2. The van der Waals surface area contributed by atoms with Crippen LogP contribution in [0.15, 0.2) is 67.1 Å². The van der Waals surface area contributed by atoms with Gasteiger partial charge in [-0.1, -0.05) is 18.2 Å². The van der Waals surface area contributed by atoms with Gasteiger partial charge in [0.2, 0.25) is 5.88 Å². The molecular weight excluding hydrogens is 446 g/mol. The number of para-hydroxylation sites is 1. The summed E-state index contributed by atoms with van der Waals surface area (Å²) in [4.78, 5) is 27.5. The van der Waals surface area contributed by atoms with Gasteiger partial charge in [-0.2, -0.15) is 0 Å². The number of methoxy groups -OCH3 is 1. The molecule has 0 unspecified atom stereocenters. The van der Waals surface area contributed by atoms with E-state index in [0.717, 1.165) is 19.3 Å². The number of nitrogens with zero attached hydrogens (tertiary/aromatic N) is 4. The summed E-state index contributed by atoms with van der Waals surface area (Å²) in [6, 6.07) is 16.5. The maximum Gasteiger partial charge on any atom is 0.415 e. The van der Waals surface area contributed by atoms with E-state index >= 15 is 0 Å². The Morgan fingerprint density at radius 3 is 2.51 bits per heavy atom. The number of piperidine rings is 1. The summed E-state index contributed by atoms with van der Waals surface area (Å²) in [5, 5.41) is 3.94. The van der Waals surface area contributed by atoms with E-state index in [2.05, 4.69) is 20.3 Å². The van der Waals surface area contributed by atoms with Crippen LogP contribution in [0.1, 0.15) is 19.3 Å². The van der Waals surface area contributed by atoms with Gasteiger partial charge in [-0.3, -0.25) is 0 Å². The fraction of sp³-hybridized carbons (Fsp3) is 0.231. The zero-order valence-electron chi connectivity index (χ0n) is 19.3. The van der Waals surface area contributed by atoms with Crippen LogP contribution in [0.5, 0.6) is 23.1 Å². The Morgan fingerprint density at radius 2 is 1.77 bits per heavy atom. The van der Waals surface area contributed by atoms with Crippen LogP contribution < -0.4 is 19.5 Å². The van der Waals surface area contributed by atoms with Gasteiger partial charge in [0.1, 0.15) is 17.9 Å². The molecule has 1 fully saturated rings. The number of fused-ring (bicyclic) bond motifs is 1. The normalized spacial score (nSPS) is 13.3. The lowest BCUT2D eigenvalue weighted by Gasteiger charge is -2.26. The van der Waals surface area contributed by atoms with E-state index in [0.29, 0.717) is 58.6 Å². The molecule has 1 N–H and O–H groups in total. The highest BCUT2D eigenvalue weighted by molar-refractivity contribution is 5.93. The van der Waals surface area contributed by atoms with E-state index in [4.69, 9.17) is 14.2 Å². The maximum absolute atomic E-state index is 12.7. The van der Waals surface area contributed by atoms with Crippen LogP contribution in [0.25, 0.3) is 10.9 Å². The number of nitrogens with one attached hydrogen (secondary N) is 1. The van der Waals surface area contributed by atoms with Crippen LogP contribution in [0.4, 0.5) is 16.3 Å². The number of pyridine rings is 1. The first-order valence-electron chi connectivity index (χ1n) is 11.4. The number of amides is 1. The molecule has 5 rings (SSSR count). The number of anilines is 2. The molecular formula is C26H25N5O4. The number of hydrogen-bond acceptors (Lipinski definition) is 8. The molecule has 178 valence electrons. The van der Waals surface area contributed by atoms with Gasteiger partial charge in [-0.05, 0) is 43.5 Å². The van der Waals surface area contributed by atoms with Gasteiger partial charge in [-0.25, -0.2) is 19.7 Å². The molecule has 4 aromatic rings. The molecule has 0 radical (unpaired) electrons. The van der Waals surface area contributed by atoms with Crippen molar-refractivity contribution in [3.8, 4) is 23.1 Å². The van der Waals surface area contributed by atoms with E-state index in [1.807, 2.05) is 36.4 Å². The van der Waals surface area contributed by atoms with E-state index in [1.165, 1.54) is 13.4 Å². The van der Waals surface area contributed by atoms with Crippen molar-refractivity contribution in [1.82, 2.24) is 19.9 Å². The Labute approximate surface area is 202 Å². The second-order valence-electron chi connectivity index (χ2n) is 8.08. The van der Waals surface area contributed by atoms with Crippen LogP contribution >= 0.6 is 0 Å². The molecule has 3 heterocycles. The third-order valence-corrected chi connectivity index (χ3v) is 5.70. The minimum Gasteiger partial charge on any atom is -0.493 e. The molecule has 1 aliphatic heterocycles. The second-order valence-corrected chi connectivity index (χ2v) is 8.08. The highest BCUT2D eigenvalue weighted by atomic mass is 16.6. The SMILES string of the molecule is COc1cc2ncnc(Nc3ccc(Oc4ccccc4)nc3)c2cc1OC(=O)N1CCCCC1. The Balaban J connectivity index is 1.38. The molecule has 1 saturated heterocycles. The fourth-order valence-electron chi connectivity index (χ4n) is 3.90. The Hall–Kier alpha value is -4.40. The molecule has 9 heteroatoms. The van der Waals surface area contributed by atoms with Crippen LogP contribution in [-0.2, 0) is 0 Å². The molecule has 1 amide bonds. The summed E-state index contributed by atoms with van der Waals surface area (Å²) in [6.45, 7) is 1.39. The van der Waals surface area contributed by atoms with Crippen molar-refractivity contribution < 1.29 is 19.0 Å². The Kier molecular flexibility index (Phi) is 6.56. The molecule has 2 aromatic heterocycles. The van der Waals surface area contributed by atoms with Gasteiger partial charge < -0.3 is 24.4 Å². The second kappa shape index (κ2) is 10.3. The topological polar surface area (TPSA) is 98.7 Å². The van der Waals surface area contributed by atoms with E-state index in [-0.39, 0.29) is 6.09 Å². The molecule has 0 aliphatic carbocycles. The summed E-state index contributed by atoms with van der Waals surface area (Å²) in [6.07, 6.45) is 5.83. The van der Waals surface area contributed by atoms with Gasteiger partial charge in [0.05, 0.1) is 24.5 Å². The van der Waals surface area contributed by atoms with Gasteiger partial charge in [0.15, 0.2) is 11.5 Å². The van der Waals surface area contributed by atoms with Crippen molar-refractivity contribution in [2.45, 2.75) is 19.3 Å². The lowest BCUT2D eigenvalue weighted by atomic mass is 10.1. The van der Waals surface area contributed by atoms with E-state index < -0.39 is 0 Å². The summed E-state index contributed by atoms with van der Waals surface area (Å²) in [5.74, 6) is 2.48. The largest absolute Gasteiger partial charge is 0.493 e. The highest BCUT2D eigenvalue weighted by Crippen LogP contribution is 2.35. The van der Waals surface area contributed by atoms with E-state index in [1.54, 1.807) is 29.3 Å². The van der Waals surface area contributed by atoms with Crippen molar-refractivity contribution in [1.29, 1.82) is 0 Å². The Bertz CT molecular complexity index is 1310. The van der Waals surface area contributed by atoms with Gasteiger partial charge in [-0.15, -0.1) is 0 Å². The lowest BCUT2D eigenvalue weighted by Crippen LogP contribution is -2.37. The number of aromatic nitrogens is 3. The summed E-state index contributed by atoms with van der Waals surface area (Å²) >= 11 is 0. The number of hydrogen-bond donors (Lipinski definition) is 1. The summed E-state index contributed by atoms with van der Waals surface area (Å²) in [7, 11) is 1.53. The number of likely N-dealkylation sites (tertiary alicyclic amines) is 1. The number of ether oxygens (including phenoxy) is 3. The third-order valence-electron chi connectivity index (χ3n) is 5.70. The fourth-order valence-corrected chi connectivity index (χ4v) is 3.90. The first kappa shape index (κ1) is 22.4. The maximum atomic E-state index is 12.7. The predicted molar refractivity (Wildman–Crippen MR) is 132 cm³/mol. The van der Waals surface area contributed by atoms with Crippen molar-refractivity contribution in [3.63, 3.8) is 0 Å². The van der Waals surface area contributed by atoms with Crippen molar-refractivity contribution in [2.24, 2.45) is 0 Å². The average Bonchev–Trinajstić information content (AvgIpc) is 2.91. The predicted octanol–water partition coefficient (Wildman–Crippen LogP) is 5.55. The molecule has 35 heavy (non-hydrogen) atoms. The Morgan fingerprint density at radius 1 is 0.943 bits per heavy atom. The van der Waals surface area contributed by atoms with E-state index in [9.17, 15) is 4.79 Å². The molecule has 0 spiro atoms. The summed E-state index contributed by atoms with van der Waals surface area (Å²) < 4.78 is 16.9. The van der Waals surface area contributed by atoms with Crippen LogP contribution in [0, 0.1) is 0 Å². The van der Waals surface area contributed by atoms with Crippen LogP contribution in [0.2, 0.25) is 0 Å². The minimum atomic E-state index is -0.382. The molecule has 0 saturated carbocycles. The van der Waals surface area contributed by atoms with Gasteiger partial charge in [0.25, 0.3) is 0 Å². The number of carbonyl (C=O) groups is 1. The lowest BCUT2D eigenvalue weighted by molar-refractivity contribution is 0.141. The zero-order chi connectivity index (χ0) is 24.0. The van der Waals surface area contributed by atoms with Gasteiger partial charge in [0, 0.05) is 30.6 Å². The van der Waals surface area contributed by atoms with Crippen LogP contribution in [-0.4, -0.2) is 46.1 Å². The minimum absolute atomic E-state index is 0.318. The quantitative estimate of drug-likeness (QED) is 0.391. The number of rotatable bonds is 6. The average molecular weight is 472 g/mol. The highest BCUT2D eigenvalue weighted by Gasteiger charge is 2.21.